The lowest BCUT2D eigenvalue weighted by molar-refractivity contribution is -0.118. The lowest BCUT2D eigenvalue weighted by atomic mass is 9.82. The molecule has 2 aromatic rings. The van der Waals surface area contributed by atoms with E-state index in [9.17, 15) is 4.79 Å². The molecule has 124 valence electrons. The van der Waals surface area contributed by atoms with E-state index in [1.807, 2.05) is 12.1 Å². The average molecular weight is 333 g/mol. The van der Waals surface area contributed by atoms with Gasteiger partial charge >= 0.3 is 0 Å². The number of benzene rings is 1. The van der Waals surface area contributed by atoms with Crippen molar-refractivity contribution in [3.8, 4) is 0 Å². The maximum Gasteiger partial charge on any atom is 0.230 e. The third-order valence-electron chi connectivity index (χ3n) is 3.64. The van der Waals surface area contributed by atoms with Gasteiger partial charge in [0.05, 0.1) is 11.5 Å². The van der Waals surface area contributed by atoms with Crippen LogP contribution in [0.25, 0.3) is 0 Å². The van der Waals surface area contributed by atoms with E-state index in [0.717, 1.165) is 0 Å². The molecule has 0 fully saturated rings. The van der Waals surface area contributed by atoms with Crippen LogP contribution in [0.3, 0.4) is 0 Å². The zero-order valence-electron chi connectivity index (χ0n) is 14.0. The first-order valence-electron chi connectivity index (χ1n) is 7.58. The summed E-state index contributed by atoms with van der Waals surface area (Å²) in [6.45, 7) is 8.75. The van der Waals surface area contributed by atoms with E-state index in [4.69, 9.17) is 4.52 Å². The Balaban J connectivity index is 1.78. The Morgan fingerprint density at radius 1 is 1.30 bits per heavy atom. The van der Waals surface area contributed by atoms with E-state index in [-0.39, 0.29) is 11.3 Å². The van der Waals surface area contributed by atoms with Gasteiger partial charge in [0.1, 0.15) is 0 Å². The fraction of sp³-hybridized carbons (Fsp3) is 0.471. The van der Waals surface area contributed by atoms with Gasteiger partial charge < -0.3 is 9.84 Å². The summed E-state index contributed by atoms with van der Waals surface area (Å²) in [7, 11) is 0. The number of thioether (sulfide) groups is 1. The number of carbonyl (C=O) groups is 1. The smallest absolute Gasteiger partial charge is 0.230 e. The van der Waals surface area contributed by atoms with Crippen LogP contribution in [0.15, 0.2) is 28.8 Å². The van der Waals surface area contributed by atoms with Gasteiger partial charge in [-0.2, -0.15) is 4.98 Å². The number of aromatic nitrogens is 2. The summed E-state index contributed by atoms with van der Waals surface area (Å²) < 4.78 is 4.90. The standard InChI is InChI=1S/C17H23N3O2S/c1-12-7-5-6-8-14(12)17(3,4)11-18-16(21)10-23-9-15-19-13(2)22-20-15/h5-8H,9-11H2,1-4H3,(H,18,21). The predicted molar refractivity (Wildman–Crippen MR) is 92.4 cm³/mol. The summed E-state index contributed by atoms with van der Waals surface area (Å²) in [6, 6.07) is 8.29. The Labute approximate surface area is 141 Å². The minimum atomic E-state index is -0.101. The van der Waals surface area contributed by atoms with Crippen LogP contribution in [0.4, 0.5) is 0 Å². The summed E-state index contributed by atoms with van der Waals surface area (Å²) in [5.41, 5.74) is 2.40. The first-order valence-corrected chi connectivity index (χ1v) is 8.74. The van der Waals surface area contributed by atoms with Gasteiger partial charge in [-0.25, -0.2) is 0 Å². The summed E-state index contributed by atoms with van der Waals surface area (Å²) in [6.07, 6.45) is 0. The number of carbonyl (C=O) groups excluding carboxylic acids is 1. The number of nitrogens with one attached hydrogen (secondary N) is 1. The van der Waals surface area contributed by atoms with Crippen LogP contribution in [0, 0.1) is 13.8 Å². The van der Waals surface area contributed by atoms with Gasteiger partial charge in [0, 0.05) is 18.9 Å². The van der Waals surface area contributed by atoms with Gasteiger partial charge in [-0.15, -0.1) is 11.8 Å². The molecule has 0 aliphatic rings. The largest absolute Gasteiger partial charge is 0.355 e. The van der Waals surface area contributed by atoms with Gasteiger partial charge in [-0.1, -0.05) is 43.3 Å². The third-order valence-corrected chi connectivity index (χ3v) is 4.56. The van der Waals surface area contributed by atoms with Gasteiger partial charge in [-0.05, 0) is 18.1 Å². The molecule has 0 aliphatic carbocycles. The van der Waals surface area contributed by atoms with Crippen molar-refractivity contribution >= 4 is 17.7 Å². The summed E-state index contributed by atoms with van der Waals surface area (Å²) >= 11 is 1.48. The number of hydrogen-bond donors (Lipinski definition) is 1. The van der Waals surface area contributed by atoms with Crippen molar-refractivity contribution in [3.63, 3.8) is 0 Å². The normalized spacial score (nSPS) is 11.5. The fourth-order valence-electron chi connectivity index (χ4n) is 2.43. The van der Waals surface area contributed by atoms with Crippen molar-refractivity contribution in [1.82, 2.24) is 15.5 Å². The maximum atomic E-state index is 12.0. The molecule has 6 heteroatoms. The molecule has 0 bridgehead atoms. The molecule has 0 saturated heterocycles. The summed E-state index contributed by atoms with van der Waals surface area (Å²) in [5.74, 6) is 2.16. The van der Waals surface area contributed by atoms with Crippen LogP contribution in [-0.4, -0.2) is 28.3 Å². The van der Waals surface area contributed by atoms with Crippen molar-refractivity contribution < 1.29 is 9.32 Å². The molecule has 0 saturated carbocycles. The second-order valence-electron chi connectivity index (χ2n) is 6.20. The molecule has 1 aromatic heterocycles. The molecular formula is C17H23N3O2S. The molecular weight excluding hydrogens is 310 g/mol. The highest BCUT2D eigenvalue weighted by Crippen LogP contribution is 2.25. The molecule has 0 radical (unpaired) electrons. The van der Waals surface area contributed by atoms with E-state index in [2.05, 4.69) is 48.4 Å². The fourth-order valence-corrected chi connectivity index (χ4v) is 3.12. The van der Waals surface area contributed by atoms with Crippen molar-refractivity contribution in [1.29, 1.82) is 0 Å². The molecule has 0 spiro atoms. The number of nitrogens with zero attached hydrogens (tertiary/aromatic N) is 2. The molecule has 1 N–H and O–H groups in total. The van der Waals surface area contributed by atoms with Crippen LogP contribution in [0.5, 0.6) is 0 Å². The number of rotatable bonds is 7. The minimum Gasteiger partial charge on any atom is -0.355 e. The van der Waals surface area contributed by atoms with E-state index < -0.39 is 0 Å². The molecule has 2 rings (SSSR count). The quantitative estimate of drug-likeness (QED) is 0.843. The highest BCUT2D eigenvalue weighted by atomic mass is 32.2. The minimum absolute atomic E-state index is 0.0249. The number of amides is 1. The van der Waals surface area contributed by atoms with Crippen LogP contribution in [0.2, 0.25) is 0 Å². The molecule has 1 heterocycles. The zero-order chi connectivity index (χ0) is 16.9. The average Bonchev–Trinajstić information content (AvgIpc) is 2.91. The van der Waals surface area contributed by atoms with Crippen LogP contribution in [-0.2, 0) is 16.0 Å². The van der Waals surface area contributed by atoms with Crippen molar-refractivity contribution in [2.45, 2.75) is 38.9 Å². The lowest BCUT2D eigenvalue weighted by Gasteiger charge is -2.27. The first-order chi connectivity index (χ1) is 10.9. The van der Waals surface area contributed by atoms with E-state index >= 15 is 0 Å². The highest BCUT2D eigenvalue weighted by molar-refractivity contribution is 7.99. The van der Waals surface area contributed by atoms with Crippen LogP contribution < -0.4 is 5.32 Å². The van der Waals surface area contributed by atoms with Gasteiger partial charge in [0.2, 0.25) is 11.8 Å². The Hall–Kier alpha value is -1.82. The monoisotopic (exact) mass is 333 g/mol. The maximum absolute atomic E-state index is 12.0. The second-order valence-corrected chi connectivity index (χ2v) is 7.18. The van der Waals surface area contributed by atoms with Gasteiger partial charge in [0.25, 0.3) is 0 Å². The Morgan fingerprint density at radius 2 is 2.04 bits per heavy atom. The van der Waals surface area contributed by atoms with Gasteiger partial charge in [0.15, 0.2) is 5.82 Å². The summed E-state index contributed by atoms with van der Waals surface area (Å²) in [5, 5.41) is 6.82. The Bertz CT molecular complexity index is 667. The molecule has 0 atom stereocenters. The number of aryl methyl sites for hydroxylation is 2. The topological polar surface area (TPSA) is 68.0 Å². The third kappa shape index (κ3) is 5.10. The predicted octanol–water partition coefficient (Wildman–Crippen LogP) is 3.01. The first kappa shape index (κ1) is 17.5. The van der Waals surface area contributed by atoms with E-state index in [1.54, 1.807) is 6.92 Å². The molecule has 5 nitrogen and oxygen atoms in total. The van der Waals surface area contributed by atoms with Crippen LogP contribution in [0.1, 0.15) is 36.7 Å². The SMILES string of the molecule is Cc1nc(CSCC(=O)NCC(C)(C)c2ccccc2C)no1. The van der Waals surface area contributed by atoms with E-state index in [1.165, 1.54) is 22.9 Å². The van der Waals surface area contributed by atoms with Crippen LogP contribution >= 0.6 is 11.8 Å². The lowest BCUT2D eigenvalue weighted by Crippen LogP contribution is -2.37. The van der Waals surface area contributed by atoms with Crippen molar-refractivity contribution in [2.24, 2.45) is 0 Å². The second kappa shape index (κ2) is 7.64. The van der Waals surface area contributed by atoms with Gasteiger partial charge in [-0.3, -0.25) is 4.79 Å². The molecule has 0 unspecified atom stereocenters. The van der Waals surface area contributed by atoms with E-state index in [0.29, 0.717) is 29.8 Å². The molecule has 1 amide bonds. The van der Waals surface area contributed by atoms with Crippen molar-refractivity contribution in [2.75, 3.05) is 12.3 Å². The zero-order valence-corrected chi connectivity index (χ0v) is 14.9. The number of hydrogen-bond acceptors (Lipinski definition) is 5. The van der Waals surface area contributed by atoms with Crippen molar-refractivity contribution in [3.05, 3.63) is 47.1 Å². The molecule has 23 heavy (non-hydrogen) atoms. The molecule has 1 aromatic carbocycles. The Morgan fingerprint density at radius 3 is 2.70 bits per heavy atom. The Kier molecular flexibility index (Phi) is 5.82. The molecule has 0 aliphatic heterocycles. The summed E-state index contributed by atoms with van der Waals surface area (Å²) in [4.78, 5) is 16.1. The highest BCUT2D eigenvalue weighted by Gasteiger charge is 2.22.